The molecule has 0 amide bonds. The van der Waals surface area contributed by atoms with Crippen LogP contribution in [0.2, 0.25) is 5.15 Å². The lowest BCUT2D eigenvalue weighted by Crippen LogP contribution is -2.04. The average molecular weight is 255 g/mol. The molecule has 3 N–H and O–H groups in total. The number of anilines is 2. The molecule has 0 saturated carbocycles. The maximum absolute atomic E-state index is 5.79. The van der Waals surface area contributed by atoms with Crippen LogP contribution in [0.4, 0.5) is 11.5 Å². The Balaban J connectivity index is 2.07. The minimum absolute atomic E-state index is 0.278. The maximum atomic E-state index is 5.79. The number of nitrogens with two attached hydrogens (primary N) is 1. The Kier molecular flexibility index (Phi) is 3.26. The first kappa shape index (κ1) is 11.2. The van der Waals surface area contributed by atoms with Crippen molar-refractivity contribution in [3.63, 3.8) is 0 Å². The van der Waals surface area contributed by atoms with E-state index in [0.29, 0.717) is 18.1 Å². The Bertz CT molecular complexity index is 497. The van der Waals surface area contributed by atoms with E-state index in [1.807, 2.05) is 0 Å². The normalized spacial score (nSPS) is 10.4. The first-order chi connectivity index (χ1) is 7.66. The van der Waals surface area contributed by atoms with Crippen molar-refractivity contribution in [2.75, 3.05) is 11.1 Å². The molecular weight excluding hydrogens is 244 g/mol. The van der Waals surface area contributed by atoms with E-state index < -0.39 is 0 Å². The van der Waals surface area contributed by atoms with Crippen molar-refractivity contribution in [2.45, 2.75) is 13.5 Å². The van der Waals surface area contributed by atoms with Crippen LogP contribution in [0.1, 0.15) is 9.75 Å². The molecule has 16 heavy (non-hydrogen) atoms. The van der Waals surface area contributed by atoms with Crippen LogP contribution in [0.5, 0.6) is 0 Å². The van der Waals surface area contributed by atoms with Crippen LogP contribution in [-0.4, -0.2) is 9.97 Å². The summed E-state index contributed by atoms with van der Waals surface area (Å²) < 4.78 is 0. The predicted octanol–water partition coefficient (Wildman–Crippen LogP) is 2.69. The predicted molar refractivity (Wildman–Crippen MR) is 67.8 cm³/mol. The van der Waals surface area contributed by atoms with Crippen molar-refractivity contribution in [2.24, 2.45) is 0 Å². The summed E-state index contributed by atoms with van der Waals surface area (Å²) in [5, 5.41) is 3.41. The van der Waals surface area contributed by atoms with Crippen molar-refractivity contribution >= 4 is 34.4 Å². The molecule has 2 rings (SSSR count). The first-order valence-corrected chi connectivity index (χ1v) is 5.91. The molecule has 6 heteroatoms. The molecule has 0 aliphatic rings. The van der Waals surface area contributed by atoms with Crippen LogP contribution in [0, 0.1) is 6.92 Å². The lowest BCUT2D eigenvalue weighted by molar-refractivity contribution is 1.10. The van der Waals surface area contributed by atoms with Crippen molar-refractivity contribution in [1.29, 1.82) is 0 Å². The van der Waals surface area contributed by atoms with Gasteiger partial charge in [0, 0.05) is 9.75 Å². The number of hydrogen-bond donors (Lipinski definition) is 2. The second kappa shape index (κ2) is 4.67. The van der Waals surface area contributed by atoms with Crippen LogP contribution in [-0.2, 0) is 6.54 Å². The fourth-order valence-corrected chi connectivity index (χ4v) is 2.23. The Hall–Kier alpha value is -1.33. The Morgan fingerprint density at radius 3 is 2.94 bits per heavy atom. The smallest absolute Gasteiger partial charge is 0.157 e. The van der Waals surface area contributed by atoms with E-state index in [4.69, 9.17) is 17.3 Å². The van der Waals surface area contributed by atoms with E-state index in [1.54, 1.807) is 11.3 Å². The van der Waals surface area contributed by atoms with Crippen LogP contribution in [0.25, 0.3) is 0 Å². The zero-order valence-electron chi connectivity index (χ0n) is 8.70. The van der Waals surface area contributed by atoms with E-state index in [0.717, 1.165) is 0 Å². The summed E-state index contributed by atoms with van der Waals surface area (Å²) in [5.74, 6) is 0.575. The third-order valence-corrected chi connectivity index (χ3v) is 3.36. The highest BCUT2D eigenvalue weighted by Crippen LogP contribution is 2.23. The van der Waals surface area contributed by atoms with Crippen LogP contribution in [0.15, 0.2) is 18.5 Å². The molecule has 0 saturated heterocycles. The monoisotopic (exact) mass is 254 g/mol. The number of thiophene rings is 1. The number of rotatable bonds is 3. The number of aromatic nitrogens is 2. The van der Waals surface area contributed by atoms with Crippen molar-refractivity contribution in [3.05, 3.63) is 33.4 Å². The summed E-state index contributed by atoms with van der Waals surface area (Å²) in [6.45, 7) is 2.76. The lowest BCUT2D eigenvalue weighted by Gasteiger charge is -2.06. The van der Waals surface area contributed by atoms with Gasteiger partial charge in [0.2, 0.25) is 0 Å². The molecular formula is C10H11ClN4S. The number of halogens is 1. The molecule has 0 atom stereocenters. The standard InChI is InChI=1S/C10H11ClN4S/c1-6-2-3-7(16-6)4-13-10-8(12)9(11)14-5-15-10/h2-3,5H,4,12H2,1H3,(H,13,14,15). The van der Waals surface area contributed by atoms with Gasteiger partial charge in [-0.2, -0.15) is 0 Å². The maximum Gasteiger partial charge on any atom is 0.157 e. The van der Waals surface area contributed by atoms with Crippen molar-refractivity contribution < 1.29 is 0 Å². The number of nitrogen functional groups attached to an aromatic ring is 1. The summed E-state index contributed by atoms with van der Waals surface area (Å²) in [7, 11) is 0. The Morgan fingerprint density at radius 2 is 2.25 bits per heavy atom. The Labute approximate surface area is 102 Å². The largest absolute Gasteiger partial charge is 0.393 e. The number of aryl methyl sites for hydroxylation is 1. The fraction of sp³-hybridized carbons (Fsp3) is 0.200. The molecule has 4 nitrogen and oxygen atoms in total. The fourth-order valence-electron chi connectivity index (χ4n) is 1.27. The van der Waals surface area contributed by atoms with E-state index in [-0.39, 0.29) is 5.15 Å². The average Bonchev–Trinajstić information content (AvgIpc) is 2.67. The molecule has 2 heterocycles. The highest BCUT2D eigenvalue weighted by molar-refractivity contribution is 7.11. The van der Waals surface area contributed by atoms with Crippen molar-refractivity contribution in [1.82, 2.24) is 9.97 Å². The molecule has 0 spiro atoms. The van der Waals surface area contributed by atoms with E-state index in [9.17, 15) is 0 Å². The van der Waals surface area contributed by atoms with Gasteiger partial charge in [-0.05, 0) is 19.1 Å². The third kappa shape index (κ3) is 2.43. The van der Waals surface area contributed by atoms with Gasteiger partial charge in [-0.1, -0.05) is 11.6 Å². The minimum atomic E-state index is 0.278. The van der Waals surface area contributed by atoms with Crippen LogP contribution < -0.4 is 11.1 Å². The molecule has 0 radical (unpaired) electrons. The summed E-state index contributed by atoms with van der Waals surface area (Å²) >= 11 is 7.52. The van der Waals surface area contributed by atoms with Gasteiger partial charge < -0.3 is 11.1 Å². The van der Waals surface area contributed by atoms with Gasteiger partial charge in [0.15, 0.2) is 11.0 Å². The molecule has 0 aliphatic carbocycles. The highest BCUT2D eigenvalue weighted by Gasteiger charge is 2.05. The quantitative estimate of drug-likeness (QED) is 0.827. The zero-order valence-corrected chi connectivity index (χ0v) is 10.3. The van der Waals surface area contributed by atoms with Gasteiger partial charge in [0.05, 0.1) is 6.54 Å². The van der Waals surface area contributed by atoms with E-state index in [2.05, 4.69) is 34.3 Å². The van der Waals surface area contributed by atoms with Crippen LogP contribution in [0.3, 0.4) is 0 Å². The highest BCUT2D eigenvalue weighted by atomic mass is 35.5. The second-order valence-corrected chi connectivity index (χ2v) is 5.02. The zero-order chi connectivity index (χ0) is 11.5. The molecule has 0 aromatic carbocycles. The second-order valence-electron chi connectivity index (χ2n) is 3.29. The molecule has 0 bridgehead atoms. The summed E-state index contributed by atoms with van der Waals surface area (Å²) in [4.78, 5) is 10.3. The summed E-state index contributed by atoms with van der Waals surface area (Å²) in [6, 6.07) is 4.16. The van der Waals surface area contributed by atoms with Gasteiger partial charge in [-0.15, -0.1) is 11.3 Å². The van der Waals surface area contributed by atoms with Gasteiger partial charge in [-0.3, -0.25) is 0 Å². The number of nitrogens with zero attached hydrogens (tertiary/aromatic N) is 2. The van der Waals surface area contributed by atoms with Crippen LogP contribution >= 0.6 is 22.9 Å². The van der Waals surface area contributed by atoms with E-state index in [1.165, 1.54) is 16.1 Å². The number of hydrogen-bond acceptors (Lipinski definition) is 5. The van der Waals surface area contributed by atoms with Gasteiger partial charge in [-0.25, -0.2) is 9.97 Å². The molecule has 2 aromatic heterocycles. The first-order valence-electron chi connectivity index (χ1n) is 4.72. The molecule has 0 fully saturated rings. The van der Waals surface area contributed by atoms with E-state index >= 15 is 0 Å². The third-order valence-electron chi connectivity index (χ3n) is 2.06. The van der Waals surface area contributed by atoms with Crippen molar-refractivity contribution in [3.8, 4) is 0 Å². The Morgan fingerprint density at radius 1 is 1.44 bits per heavy atom. The topological polar surface area (TPSA) is 63.8 Å². The summed E-state index contributed by atoms with van der Waals surface area (Å²) in [6.07, 6.45) is 1.39. The minimum Gasteiger partial charge on any atom is -0.393 e. The SMILES string of the molecule is Cc1ccc(CNc2ncnc(Cl)c2N)s1. The molecule has 0 unspecified atom stereocenters. The summed E-state index contributed by atoms with van der Waals surface area (Å²) in [5.41, 5.74) is 6.12. The molecule has 84 valence electrons. The molecule has 0 aliphatic heterocycles. The van der Waals surface area contributed by atoms with Gasteiger partial charge >= 0.3 is 0 Å². The lowest BCUT2D eigenvalue weighted by atomic mass is 10.4. The molecule has 2 aromatic rings. The van der Waals surface area contributed by atoms with Gasteiger partial charge in [0.25, 0.3) is 0 Å². The number of nitrogens with one attached hydrogen (secondary N) is 1. The van der Waals surface area contributed by atoms with Gasteiger partial charge in [0.1, 0.15) is 12.0 Å².